The number of hydrogen-bond donors (Lipinski definition) is 0. The van der Waals surface area contributed by atoms with E-state index < -0.39 is 0 Å². The van der Waals surface area contributed by atoms with Crippen LogP contribution in [-0.4, -0.2) is 0 Å². The maximum Gasteiger partial charge on any atom is 0.0438 e. The molecule has 0 atom stereocenters. The molecule has 0 aliphatic carbocycles. The van der Waals surface area contributed by atoms with Gasteiger partial charge in [-0.15, -0.1) is 11.8 Å². The molecule has 0 saturated heterocycles. The standard InChI is InChI=1S/C20H20Cl2S/c1-13-11-19(21)15(3)9-17(13)5-7-23-8-6-18-10-16(4)20(22)12-14(18)2/h5-12H,1-4H3. The highest BCUT2D eigenvalue weighted by Gasteiger charge is 2.01. The van der Waals surface area contributed by atoms with Gasteiger partial charge in [0.15, 0.2) is 0 Å². The van der Waals surface area contributed by atoms with Crippen LogP contribution in [0.4, 0.5) is 0 Å². The molecule has 23 heavy (non-hydrogen) atoms. The molecule has 0 amide bonds. The number of hydrogen-bond acceptors (Lipinski definition) is 1. The van der Waals surface area contributed by atoms with Gasteiger partial charge in [-0.05, 0) is 96.2 Å². The second-order valence-electron chi connectivity index (χ2n) is 5.66. The summed E-state index contributed by atoms with van der Waals surface area (Å²) in [5, 5.41) is 5.82. The lowest BCUT2D eigenvalue weighted by molar-refractivity contribution is 1.38. The SMILES string of the molecule is Cc1cc(C=CSC=Cc2cc(C)c(Cl)cc2C)c(C)cc1Cl. The fraction of sp³-hybridized carbons (Fsp3) is 0.200. The largest absolute Gasteiger partial charge is 0.106 e. The highest BCUT2D eigenvalue weighted by molar-refractivity contribution is 8.05. The van der Waals surface area contributed by atoms with Gasteiger partial charge in [-0.2, -0.15) is 0 Å². The lowest BCUT2D eigenvalue weighted by Gasteiger charge is -2.05. The molecule has 0 radical (unpaired) electrons. The molecule has 0 aromatic heterocycles. The number of thioether (sulfide) groups is 1. The van der Waals surface area contributed by atoms with Crippen LogP contribution in [0.3, 0.4) is 0 Å². The summed E-state index contributed by atoms with van der Waals surface area (Å²) in [5.74, 6) is 0. The second-order valence-corrected chi connectivity index (χ2v) is 7.29. The Hall–Kier alpha value is -1.15. The van der Waals surface area contributed by atoms with E-state index in [0.717, 1.165) is 21.2 Å². The maximum atomic E-state index is 6.13. The Morgan fingerprint density at radius 3 is 1.43 bits per heavy atom. The first kappa shape index (κ1) is 18.2. The molecule has 2 aromatic rings. The van der Waals surface area contributed by atoms with E-state index in [0.29, 0.717) is 0 Å². The van der Waals surface area contributed by atoms with Crippen LogP contribution < -0.4 is 0 Å². The van der Waals surface area contributed by atoms with Gasteiger partial charge < -0.3 is 0 Å². The first-order valence-electron chi connectivity index (χ1n) is 7.40. The van der Waals surface area contributed by atoms with Crippen molar-refractivity contribution >= 4 is 47.1 Å². The Morgan fingerprint density at radius 1 is 0.652 bits per heavy atom. The molecular formula is C20H20Cl2S. The van der Waals surface area contributed by atoms with Crippen LogP contribution in [-0.2, 0) is 0 Å². The molecule has 0 aliphatic heterocycles. The summed E-state index contributed by atoms with van der Waals surface area (Å²) in [6.07, 6.45) is 4.24. The van der Waals surface area contributed by atoms with Gasteiger partial charge in [-0.3, -0.25) is 0 Å². The van der Waals surface area contributed by atoms with E-state index in [1.165, 1.54) is 22.3 Å². The third kappa shape index (κ3) is 4.91. The van der Waals surface area contributed by atoms with Crippen LogP contribution in [0.2, 0.25) is 10.0 Å². The van der Waals surface area contributed by atoms with E-state index >= 15 is 0 Å². The highest BCUT2D eigenvalue weighted by atomic mass is 35.5. The highest BCUT2D eigenvalue weighted by Crippen LogP contribution is 2.24. The predicted octanol–water partition coefficient (Wildman–Crippen LogP) is 7.60. The number of rotatable bonds is 4. The monoisotopic (exact) mass is 362 g/mol. The van der Waals surface area contributed by atoms with E-state index in [1.807, 2.05) is 26.0 Å². The molecule has 0 heterocycles. The Labute approximate surface area is 153 Å². The maximum absolute atomic E-state index is 6.13. The van der Waals surface area contributed by atoms with Gasteiger partial charge >= 0.3 is 0 Å². The summed E-state index contributed by atoms with van der Waals surface area (Å²) in [6.45, 7) is 8.20. The number of aryl methyl sites for hydroxylation is 4. The van der Waals surface area contributed by atoms with E-state index in [-0.39, 0.29) is 0 Å². The summed E-state index contributed by atoms with van der Waals surface area (Å²) < 4.78 is 0. The molecule has 0 aliphatic rings. The molecule has 0 fully saturated rings. The van der Waals surface area contributed by atoms with Crippen molar-refractivity contribution in [1.29, 1.82) is 0 Å². The van der Waals surface area contributed by atoms with Crippen molar-refractivity contribution in [2.24, 2.45) is 0 Å². The number of benzene rings is 2. The second kappa shape index (κ2) is 8.10. The van der Waals surface area contributed by atoms with Crippen molar-refractivity contribution < 1.29 is 0 Å². The first-order valence-corrected chi connectivity index (χ1v) is 9.10. The first-order chi connectivity index (χ1) is 10.9. The zero-order valence-electron chi connectivity index (χ0n) is 13.8. The van der Waals surface area contributed by atoms with Crippen LogP contribution in [0.25, 0.3) is 12.2 Å². The van der Waals surface area contributed by atoms with E-state index in [1.54, 1.807) is 11.8 Å². The fourth-order valence-electron chi connectivity index (χ4n) is 2.24. The molecule has 0 unspecified atom stereocenters. The summed E-state index contributed by atoms with van der Waals surface area (Å²) >= 11 is 13.9. The summed E-state index contributed by atoms with van der Waals surface area (Å²) in [4.78, 5) is 0. The zero-order valence-corrected chi connectivity index (χ0v) is 16.1. The molecule has 0 bridgehead atoms. The lowest BCUT2D eigenvalue weighted by atomic mass is 10.1. The van der Waals surface area contributed by atoms with Gasteiger partial charge in [0.2, 0.25) is 0 Å². The average Bonchev–Trinajstić information content (AvgIpc) is 2.49. The minimum absolute atomic E-state index is 0.820. The Balaban J connectivity index is 2.05. The lowest BCUT2D eigenvalue weighted by Crippen LogP contribution is -1.84. The van der Waals surface area contributed by atoms with E-state index in [9.17, 15) is 0 Å². The Bertz CT molecular complexity index is 708. The summed E-state index contributed by atoms with van der Waals surface area (Å²) in [6, 6.07) is 8.25. The molecule has 2 aromatic carbocycles. The van der Waals surface area contributed by atoms with Crippen LogP contribution in [0.5, 0.6) is 0 Å². The van der Waals surface area contributed by atoms with Crippen molar-refractivity contribution in [3.63, 3.8) is 0 Å². The quantitative estimate of drug-likeness (QED) is 0.539. The molecule has 0 spiro atoms. The van der Waals surface area contributed by atoms with Crippen molar-refractivity contribution in [2.45, 2.75) is 27.7 Å². The fourth-order valence-corrected chi connectivity index (χ4v) is 3.21. The third-order valence-corrected chi connectivity index (χ3v) is 5.15. The van der Waals surface area contributed by atoms with Crippen molar-refractivity contribution in [2.75, 3.05) is 0 Å². The van der Waals surface area contributed by atoms with Crippen molar-refractivity contribution in [3.8, 4) is 0 Å². The van der Waals surface area contributed by atoms with E-state index in [2.05, 4.69) is 48.9 Å². The molecule has 120 valence electrons. The Morgan fingerprint density at radius 2 is 1.04 bits per heavy atom. The van der Waals surface area contributed by atoms with Gasteiger partial charge in [0.1, 0.15) is 0 Å². The normalized spacial score (nSPS) is 11.7. The molecule has 3 heteroatoms. The molecule has 0 nitrogen and oxygen atoms in total. The topological polar surface area (TPSA) is 0 Å². The van der Waals surface area contributed by atoms with Crippen molar-refractivity contribution in [1.82, 2.24) is 0 Å². The smallest absolute Gasteiger partial charge is 0.0438 e. The third-order valence-electron chi connectivity index (χ3n) is 3.75. The van der Waals surface area contributed by atoms with E-state index in [4.69, 9.17) is 23.2 Å². The van der Waals surface area contributed by atoms with Gasteiger partial charge in [0.05, 0.1) is 0 Å². The van der Waals surface area contributed by atoms with Crippen LogP contribution in [0.1, 0.15) is 33.4 Å². The van der Waals surface area contributed by atoms with Crippen LogP contribution in [0, 0.1) is 27.7 Å². The van der Waals surface area contributed by atoms with Crippen LogP contribution >= 0.6 is 35.0 Å². The van der Waals surface area contributed by atoms with Gasteiger partial charge in [0, 0.05) is 10.0 Å². The summed E-state index contributed by atoms with van der Waals surface area (Å²) in [5.41, 5.74) is 6.98. The van der Waals surface area contributed by atoms with Gasteiger partial charge in [-0.1, -0.05) is 35.3 Å². The average molecular weight is 363 g/mol. The molecular weight excluding hydrogens is 343 g/mol. The minimum Gasteiger partial charge on any atom is -0.106 e. The molecule has 0 N–H and O–H groups in total. The molecule has 0 saturated carbocycles. The van der Waals surface area contributed by atoms with Gasteiger partial charge in [-0.25, -0.2) is 0 Å². The summed E-state index contributed by atoms with van der Waals surface area (Å²) in [7, 11) is 0. The van der Waals surface area contributed by atoms with Crippen molar-refractivity contribution in [3.05, 3.63) is 78.5 Å². The zero-order chi connectivity index (χ0) is 17.0. The van der Waals surface area contributed by atoms with Crippen LogP contribution in [0.15, 0.2) is 35.1 Å². The minimum atomic E-state index is 0.820. The van der Waals surface area contributed by atoms with Gasteiger partial charge in [0.25, 0.3) is 0 Å². The molecule has 2 rings (SSSR count). The Kier molecular flexibility index (Phi) is 6.41. The predicted molar refractivity (Wildman–Crippen MR) is 108 cm³/mol. The number of halogens is 2.